The highest BCUT2D eigenvalue weighted by atomic mass is 16.6. The summed E-state index contributed by atoms with van der Waals surface area (Å²) in [5.74, 6) is 1.06. The van der Waals surface area contributed by atoms with Gasteiger partial charge >= 0.3 is 6.09 Å². The first kappa shape index (κ1) is 38.8. The molecule has 0 aromatic heterocycles. The Labute approximate surface area is 304 Å². The Balaban J connectivity index is 1.22. The number of aliphatic hydroxyl groups is 2. The van der Waals surface area contributed by atoms with Gasteiger partial charge in [0.15, 0.2) is 0 Å². The van der Waals surface area contributed by atoms with Gasteiger partial charge in [0.1, 0.15) is 18.0 Å². The highest BCUT2D eigenvalue weighted by molar-refractivity contribution is 5.77. The number of rotatable bonds is 15. The largest absolute Gasteiger partial charge is 0.492 e. The third kappa shape index (κ3) is 12.1. The molecule has 4 atom stereocenters. The molecule has 0 unspecified atom stereocenters. The summed E-state index contributed by atoms with van der Waals surface area (Å²) in [5.41, 5.74) is 2.30. The van der Waals surface area contributed by atoms with Crippen molar-refractivity contribution in [3.63, 3.8) is 0 Å². The van der Waals surface area contributed by atoms with Gasteiger partial charge in [0.05, 0.1) is 37.5 Å². The van der Waals surface area contributed by atoms with Crippen LogP contribution in [0.3, 0.4) is 0 Å². The van der Waals surface area contributed by atoms with Gasteiger partial charge in [0.25, 0.3) is 0 Å². The van der Waals surface area contributed by atoms with E-state index in [-0.39, 0.29) is 18.7 Å². The highest BCUT2D eigenvalue weighted by Crippen LogP contribution is 2.37. The number of amides is 2. The topological polar surface area (TPSA) is 121 Å². The minimum atomic E-state index is -0.920. The molecule has 3 N–H and O–H groups in total. The third-order valence-electron chi connectivity index (χ3n) is 10.2. The van der Waals surface area contributed by atoms with Crippen molar-refractivity contribution >= 4 is 18.1 Å². The average molecular weight is 706 g/mol. The Morgan fingerprint density at radius 1 is 1.06 bits per heavy atom. The van der Waals surface area contributed by atoms with Crippen molar-refractivity contribution in [3.05, 3.63) is 71.3 Å². The predicted molar refractivity (Wildman–Crippen MR) is 198 cm³/mol. The molecular weight excluding hydrogens is 646 g/mol. The fraction of sp³-hybridized carbons (Fsp3) is 0.610. The van der Waals surface area contributed by atoms with Gasteiger partial charge in [-0.15, -0.1) is 0 Å². The zero-order valence-corrected chi connectivity index (χ0v) is 30.8. The van der Waals surface area contributed by atoms with E-state index in [4.69, 9.17) is 14.2 Å². The molecule has 2 aliphatic carbocycles. The van der Waals surface area contributed by atoms with Crippen LogP contribution in [-0.4, -0.2) is 102 Å². The van der Waals surface area contributed by atoms with E-state index in [1.54, 1.807) is 4.90 Å². The standard InChI is InChI=1S/C41H59N3O7/c1-41(2,3)51-40(48)42-35(28-31-10-5-4-6-11-31)36(45)19-20-38(47)44(39-34-14-8-7-13-32(34)29-37(39)46)21-9-12-30-15-17-33(18-16-30)50-27-24-43-22-25-49-26-23-43/h7-9,12-18,31,35-37,39,45-46H,4-6,10-11,19-29H2,1-3H3,(H,42,48)/t35-,36-,37+,39-/m0/s1. The Bertz CT molecular complexity index is 1410. The number of carbonyl (C=O) groups is 2. The molecule has 2 aromatic carbocycles. The number of alkyl carbamates (subject to hydrolysis) is 1. The number of aliphatic hydroxyl groups excluding tert-OH is 2. The normalized spacial score (nSPS) is 21.2. The first-order chi connectivity index (χ1) is 24.6. The zero-order chi connectivity index (χ0) is 36.2. The van der Waals surface area contributed by atoms with Crippen LogP contribution in [0.15, 0.2) is 54.6 Å². The Morgan fingerprint density at radius 2 is 1.78 bits per heavy atom. The number of hydrogen-bond acceptors (Lipinski definition) is 8. The van der Waals surface area contributed by atoms with Crippen LogP contribution in [0.2, 0.25) is 0 Å². The van der Waals surface area contributed by atoms with Crippen LogP contribution in [0.4, 0.5) is 4.79 Å². The van der Waals surface area contributed by atoms with Crippen molar-refractivity contribution in [1.82, 2.24) is 15.1 Å². The zero-order valence-electron chi connectivity index (χ0n) is 30.8. The lowest BCUT2D eigenvalue weighted by Gasteiger charge is -2.33. The number of ether oxygens (including phenoxy) is 3. The summed E-state index contributed by atoms with van der Waals surface area (Å²) in [4.78, 5) is 30.9. The second kappa shape index (κ2) is 18.9. The highest BCUT2D eigenvalue weighted by Gasteiger charge is 2.37. The minimum absolute atomic E-state index is 0.0774. The molecule has 1 aliphatic heterocycles. The summed E-state index contributed by atoms with van der Waals surface area (Å²) < 4.78 is 16.9. The maximum absolute atomic E-state index is 14.0. The smallest absolute Gasteiger partial charge is 0.407 e. The fourth-order valence-electron chi connectivity index (χ4n) is 7.56. The number of nitrogens with one attached hydrogen (secondary N) is 1. The number of nitrogens with zero attached hydrogens (tertiary/aromatic N) is 2. The Morgan fingerprint density at radius 3 is 2.51 bits per heavy atom. The molecular formula is C41H59N3O7. The molecule has 1 saturated carbocycles. The molecule has 0 bridgehead atoms. The van der Waals surface area contributed by atoms with Gasteiger partial charge in [-0.25, -0.2) is 4.79 Å². The maximum Gasteiger partial charge on any atom is 0.407 e. The minimum Gasteiger partial charge on any atom is -0.492 e. The molecule has 2 aromatic rings. The second-order valence-electron chi connectivity index (χ2n) is 15.3. The lowest BCUT2D eigenvalue weighted by Crippen LogP contribution is -2.47. The third-order valence-corrected chi connectivity index (χ3v) is 10.2. The van der Waals surface area contributed by atoms with Crippen molar-refractivity contribution in [2.24, 2.45) is 5.92 Å². The van der Waals surface area contributed by atoms with Crippen molar-refractivity contribution in [3.8, 4) is 5.75 Å². The number of hydrogen-bond donors (Lipinski definition) is 3. The molecule has 5 rings (SSSR count). The van der Waals surface area contributed by atoms with Gasteiger partial charge in [-0.1, -0.05) is 80.7 Å². The molecule has 1 heterocycles. The SMILES string of the molecule is CC(C)(C)OC(=O)N[C@@H](CC1CCCCC1)[C@@H](O)CCC(=O)N(CC=Cc1ccc(OCCN2CCOCC2)cc1)[C@H]1c2ccccc2C[C@H]1O. The average Bonchev–Trinajstić information content (AvgIpc) is 3.44. The van der Waals surface area contributed by atoms with Gasteiger partial charge in [-0.2, -0.15) is 0 Å². The van der Waals surface area contributed by atoms with E-state index in [0.29, 0.717) is 31.9 Å². The summed E-state index contributed by atoms with van der Waals surface area (Å²) in [6, 6.07) is 14.8. The summed E-state index contributed by atoms with van der Waals surface area (Å²) in [7, 11) is 0. The quantitative estimate of drug-likeness (QED) is 0.210. The van der Waals surface area contributed by atoms with Crippen LogP contribution in [0.1, 0.15) is 94.9 Å². The molecule has 10 nitrogen and oxygen atoms in total. The molecule has 2 amide bonds. The van der Waals surface area contributed by atoms with Gasteiger partial charge in [0, 0.05) is 39.0 Å². The number of carbonyl (C=O) groups excluding carboxylic acids is 2. The molecule has 3 aliphatic rings. The van der Waals surface area contributed by atoms with Crippen LogP contribution in [0.5, 0.6) is 5.75 Å². The monoisotopic (exact) mass is 705 g/mol. The van der Waals surface area contributed by atoms with Crippen LogP contribution < -0.4 is 10.1 Å². The van der Waals surface area contributed by atoms with Crippen LogP contribution >= 0.6 is 0 Å². The molecule has 51 heavy (non-hydrogen) atoms. The summed E-state index contributed by atoms with van der Waals surface area (Å²) in [5, 5.41) is 25.6. The second-order valence-corrected chi connectivity index (χ2v) is 15.3. The van der Waals surface area contributed by atoms with E-state index < -0.39 is 36.0 Å². The van der Waals surface area contributed by atoms with Gasteiger partial charge in [-0.05, 0) is 68.4 Å². The first-order valence-electron chi connectivity index (χ1n) is 19.0. The van der Waals surface area contributed by atoms with Crippen molar-refractivity contribution in [2.45, 2.75) is 108 Å². The van der Waals surface area contributed by atoms with E-state index in [2.05, 4.69) is 10.2 Å². The first-order valence-corrected chi connectivity index (χ1v) is 19.0. The van der Waals surface area contributed by atoms with Crippen LogP contribution in [0.25, 0.3) is 6.08 Å². The summed E-state index contributed by atoms with van der Waals surface area (Å²) in [6.07, 6.45) is 8.77. The number of fused-ring (bicyclic) bond motifs is 1. The summed E-state index contributed by atoms with van der Waals surface area (Å²) >= 11 is 0. The van der Waals surface area contributed by atoms with Gasteiger partial charge in [0.2, 0.25) is 5.91 Å². The molecule has 0 radical (unpaired) electrons. The van der Waals surface area contributed by atoms with Crippen LogP contribution in [-0.2, 0) is 20.7 Å². The molecule has 1 saturated heterocycles. The van der Waals surface area contributed by atoms with E-state index in [1.165, 1.54) is 6.42 Å². The van der Waals surface area contributed by atoms with Gasteiger partial charge in [-0.3, -0.25) is 9.69 Å². The van der Waals surface area contributed by atoms with E-state index in [0.717, 1.165) is 81.0 Å². The van der Waals surface area contributed by atoms with Crippen molar-refractivity contribution in [1.29, 1.82) is 0 Å². The molecule has 2 fully saturated rings. The number of morpholine rings is 1. The lowest BCUT2D eigenvalue weighted by molar-refractivity contribution is -0.136. The van der Waals surface area contributed by atoms with Gasteiger partial charge < -0.3 is 34.6 Å². The summed E-state index contributed by atoms with van der Waals surface area (Å²) in [6.45, 7) is 10.6. The van der Waals surface area contributed by atoms with Crippen LogP contribution in [0, 0.1) is 5.92 Å². The molecule has 0 spiro atoms. The molecule has 10 heteroatoms. The molecule has 280 valence electrons. The van der Waals surface area contributed by atoms with Crippen molar-refractivity contribution < 1.29 is 34.0 Å². The fourth-order valence-corrected chi connectivity index (χ4v) is 7.56. The Hall–Kier alpha value is -3.44. The Kier molecular flexibility index (Phi) is 14.4. The van der Waals surface area contributed by atoms with E-state index >= 15 is 0 Å². The lowest BCUT2D eigenvalue weighted by atomic mass is 9.83. The predicted octanol–water partition coefficient (Wildman–Crippen LogP) is 5.90. The number of benzene rings is 2. The van der Waals surface area contributed by atoms with E-state index in [1.807, 2.05) is 81.5 Å². The van der Waals surface area contributed by atoms with E-state index in [9.17, 15) is 19.8 Å². The van der Waals surface area contributed by atoms with Crippen molar-refractivity contribution in [2.75, 3.05) is 46.0 Å². The maximum atomic E-state index is 14.0.